The van der Waals surface area contributed by atoms with E-state index in [1.807, 2.05) is 0 Å². The molecule has 156 valence electrons. The molecule has 2 heterocycles. The van der Waals surface area contributed by atoms with Crippen molar-refractivity contribution in [2.75, 3.05) is 39.4 Å². The standard InChI is InChI=1S/C25H34N2O2/c1(6-14-26-18-24-22-10-4-2-8-20(22)12-16-28-24)7-15-27-19-25-23-11-5-3-9-21(23)13-17-29-25/h2-5,8-11,24-27H,1,6-7,12-19H2. The predicted molar refractivity (Wildman–Crippen MR) is 117 cm³/mol. The molecule has 2 aliphatic rings. The maximum atomic E-state index is 5.96. The van der Waals surface area contributed by atoms with E-state index in [1.54, 1.807) is 0 Å². The van der Waals surface area contributed by atoms with Crippen LogP contribution in [0.25, 0.3) is 0 Å². The summed E-state index contributed by atoms with van der Waals surface area (Å²) in [6.07, 6.45) is 6.15. The smallest absolute Gasteiger partial charge is 0.0952 e. The summed E-state index contributed by atoms with van der Waals surface area (Å²) < 4.78 is 11.9. The summed E-state index contributed by atoms with van der Waals surface area (Å²) in [4.78, 5) is 0. The lowest BCUT2D eigenvalue weighted by molar-refractivity contribution is 0.0424. The molecule has 2 aromatic carbocycles. The molecule has 0 aromatic heterocycles. The molecule has 0 amide bonds. The van der Waals surface area contributed by atoms with Crippen molar-refractivity contribution >= 4 is 0 Å². The topological polar surface area (TPSA) is 42.5 Å². The minimum Gasteiger partial charge on any atom is -0.372 e. The van der Waals surface area contributed by atoms with E-state index in [-0.39, 0.29) is 12.2 Å². The Kier molecular flexibility index (Phi) is 7.71. The van der Waals surface area contributed by atoms with Gasteiger partial charge in [0, 0.05) is 13.1 Å². The predicted octanol–water partition coefficient (Wildman–Crippen LogP) is 3.96. The van der Waals surface area contributed by atoms with Crippen molar-refractivity contribution in [1.29, 1.82) is 0 Å². The van der Waals surface area contributed by atoms with E-state index in [9.17, 15) is 0 Å². The van der Waals surface area contributed by atoms with Crippen LogP contribution in [0, 0.1) is 0 Å². The first-order valence-electron chi connectivity index (χ1n) is 11.2. The molecule has 4 rings (SSSR count). The van der Waals surface area contributed by atoms with Crippen LogP contribution in [-0.4, -0.2) is 39.4 Å². The number of fused-ring (bicyclic) bond motifs is 2. The second-order valence-electron chi connectivity index (χ2n) is 8.09. The number of unbranched alkanes of at least 4 members (excludes halogenated alkanes) is 2. The highest BCUT2D eigenvalue weighted by Gasteiger charge is 2.20. The van der Waals surface area contributed by atoms with Crippen LogP contribution in [-0.2, 0) is 22.3 Å². The molecule has 2 atom stereocenters. The highest BCUT2D eigenvalue weighted by atomic mass is 16.5. The molecule has 0 spiro atoms. The van der Waals surface area contributed by atoms with E-state index >= 15 is 0 Å². The Bertz CT molecular complexity index is 700. The Labute approximate surface area is 175 Å². The average Bonchev–Trinajstić information content (AvgIpc) is 2.78. The van der Waals surface area contributed by atoms with Gasteiger partial charge in [0.15, 0.2) is 0 Å². The number of rotatable bonds is 10. The van der Waals surface area contributed by atoms with Gasteiger partial charge in [-0.15, -0.1) is 0 Å². The molecular weight excluding hydrogens is 360 g/mol. The lowest BCUT2D eigenvalue weighted by atomic mass is 9.97. The van der Waals surface area contributed by atoms with Crippen LogP contribution in [0.2, 0.25) is 0 Å². The van der Waals surface area contributed by atoms with Gasteiger partial charge in [0.2, 0.25) is 0 Å². The fraction of sp³-hybridized carbons (Fsp3) is 0.520. The van der Waals surface area contributed by atoms with E-state index < -0.39 is 0 Å². The van der Waals surface area contributed by atoms with Gasteiger partial charge in [0.1, 0.15) is 0 Å². The molecule has 0 aliphatic carbocycles. The summed E-state index contributed by atoms with van der Waals surface area (Å²) in [5.74, 6) is 0. The quantitative estimate of drug-likeness (QED) is 0.599. The van der Waals surface area contributed by atoms with Crippen molar-refractivity contribution in [3.8, 4) is 0 Å². The van der Waals surface area contributed by atoms with Crippen LogP contribution in [0.5, 0.6) is 0 Å². The summed E-state index contributed by atoms with van der Waals surface area (Å²) in [5, 5.41) is 7.17. The van der Waals surface area contributed by atoms with E-state index in [1.165, 1.54) is 41.5 Å². The van der Waals surface area contributed by atoms with E-state index in [0.29, 0.717) is 0 Å². The largest absolute Gasteiger partial charge is 0.372 e. The first-order chi connectivity index (χ1) is 14.4. The molecule has 29 heavy (non-hydrogen) atoms. The SMILES string of the molecule is c1ccc2c(c1)CCOC2CNCCCCCNCC1OCCc2ccccc21. The van der Waals surface area contributed by atoms with Gasteiger partial charge in [-0.2, -0.15) is 0 Å². The highest BCUT2D eigenvalue weighted by molar-refractivity contribution is 5.32. The van der Waals surface area contributed by atoms with Gasteiger partial charge in [0.05, 0.1) is 25.4 Å². The number of hydrogen-bond acceptors (Lipinski definition) is 4. The molecule has 4 nitrogen and oxygen atoms in total. The zero-order valence-electron chi connectivity index (χ0n) is 17.4. The zero-order valence-corrected chi connectivity index (χ0v) is 17.4. The Morgan fingerprint density at radius 1 is 0.655 bits per heavy atom. The summed E-state index contributed by atoms with van der Waals surface area (Å²) in [6, 6.07) is 17.4. The molecule has 0 radical (unpaired) electrons. The van der Waals surface area contributed by atoms with E-state index in [0.717, 1.165) is 52.2 Å². The van der Waals surface area contributed by atoms with Gasteiger partial charge < -0.3 is 20.1 Å². The van der Waals surface area contributed by atoms with Crippen molar-refractivity contribution in [1.82, 2.24) is 10.6 Å². The minimum absolute atomic E-state index is 0.208. The molecule has 0 saturated carbocycles. The van der Waals surface area contributed by atoms with Crippen LogP contribution in [0.15, 0.2) is 48.5 Å². The number of benzene rings is 2. The Balaban J connectivity index is 1.06. The zero-order chi connectivity index (χ0) is 19.7. The van der Waals surface area contributed by atoms with Gasteiger partial charge in [0.25, 0.3) is 0 Å². The molecule has 0 bridgehead atoms. The number of nitrogens with one attached hydrogen (secondary N) is 2. The van der Waals surface area contributed by atoms with Crippen LogP contribution < -0.4 is 10.6 Å². The third-order valence-corrected chi connectivity index (χ3v) is 6.05. The fourth-order valence-corrected chi connectivity index (χ4v) is 4.43. The van der Waals surface area contributed by atoms with Gasteiger partial charge in [-0.05, 0) is 61.0 Å². The lowest BCUT2D eigenvalue weighted by Crippen LogP contribution is -2.29. The van der Waals surface area contributed by atoms with Crippen LogP contribution in [0.4, 0.5) is 0 Å². The summed E-state index contributed by atoms with van der Waals surface area (Å²) in [6.45, 7) is 5.61. The van der Waals surface area contributed by atoms with Gasteiger partial charge >= 0.3 is 0 Å². The summed E-state index contributed by atoms with van der Waals surface area (Å²) in [5.41, 5.74) is 5.62. The van der Waals surface area contributed by atoms with Crippen molar-refractivity contribution in [2.45, 2.75) is 44.3 Å². The Morgan fingerprint density at radius 2 is 1.14 bits per heavy atom. The van der Waals surface area contributed by atoms with Gasteiger partial charge in [-0.25, -0.2) is 0 Å². The van der Waals surface area contributed by atoms with Crippen molar-refractivity contribution in [3.63, 3.8) is 0 Å². The number of ether oxygens (including phenoxy) is 2. The van der Waals surface area contributed by atoms with Crippen LogP contribution in [0.1, 0.15) is 53.7 Å². The molecular formula is C25H34N2O2. The van der Waals surface area contributed by atoms with Crippen molar-refractivity contribution in [2.24, 2.45) is 0 Å². The summed E-state index contributed by atoms with van der Waals surface area (Å²) >= 11 is 0. The maximum Gasteiger partial charge on any atom is 0.0952 e. The first kappa shape index (κ1) is 20.5. The molecule has 4 heteroatoms. The second-order valence-corrected chi connectivity index (χ2v) is 8.09. The maximum absolute atomic E-state index is 5.96. The molecule has 0 fully saturated rings. The van der Waals surface area contributed by atoms with Crippen molar-refractivity contribution in [3.05, 3.63) is 70.8 Å². The Morgan fingerprint density at radius 3 is 1.66 bits per heavy atom. The highest BCUT2D eigenvalue weighted by Crippen LogP contribution is 2.27. The lowest BCUT2D eigenvalue weighted by Gasteiger charge is -2.26. The number of hydrogen-bond donors (Lipinski definition) is 2. The van der Waals surface area contributed by atoms with Gasteiger partial charge in [-0.1, -0.05) is 55.0 Å². The molecule has 2 N–H and O–H groups in total. The monoisotopic (exact) mass is 394 g/mol. The molecule has 0 saturated heterocycles. The van der Waals surface area contributed by atoms with E-state index in [2.05, 4.69) is 59.2 Å². The van der Waals surface area contributed by atoms with Crippen LogP contribution in [0.3, 0.4) is 0 Å². The summed E-state index contributed by atoms with van der Waals surface area (Å²) in [7, 11) is 0. The normalized spacial score (nSPS) is 20.8. The second kappa shape index (κ2) is 10.9. The van der Waals surface area contributed by atoms with Crippen LogP contribution >= 0.6 is 0 Å². The van der Waals surface area contributed by atoms with E-state index in [4.69, 9.17) is 9.47 Å². The third kappa shape index (κ3) is 5.67. The average molecular weight is 395 g/mol. The third-order valence-electron chi connectivity index (χ3n) is 6.05. The first-order valence-corrected chi connectivity index (χ1v) is 11.2. The fourth-order valence-electron chi connectivity index (χ4n) is 4.43. The molecule has 2 unspecified atom stereocenters. The van der Waals surface area contributed by atoms with Crippen molar-refractivity contribution < 1.29 is 9.47 Å². The van der Waals surface area contributed by atoms with Gasteiger partial charge in [-0.3, -0.25) is 0 Å². The molecule has 2 aromatic rings. The minimum atomic E-state index is 0.208. The molecule has 2 aliphatic heterocycles. The Hall–Kier alpha value is -1.72.